The number of hydrogen-bond donors (Lipinski definition) is 2. The summed E-state index contributed by atoms with van der Waals surface area (Å²) in [7, 11) is 5.65. The average molecular weight is 538 g/mol. The van der Waals surface area contributed by atoms with Crippen molar-refractivity contribution in [1.82, 2.24) is 9.88 Å². The van der Waals surface area contributed by atoms with Crippen LogP contribution in [0.4, 0.5) is 5.69 Å². The Balaban J connectivity index is 1.60. The highest BCUT2D eigenvalue weighted by atomic mass is 35.5. The third-order valence-electron chi connectivity index (χ3n) is 6.22. The largest absolute Gasteiger partial charge is 0.480 e. The maximum Gasteiger partial charge on any atom is 0.326 e. The van der Waals surface area contributed by atoms with Crippen molar-refractivity contribution in [3.63, 3.8) is 0 Å². The van der Waals surface area contributed by atoms with E-state index in [4.69, 9.17) is 23.2 Å². The first-order valence-corrected chi connectivity index (χ1v) is 12.2. The standard InChI is InChI=1S/C28H25Cl2N3O4/c1-32(2)19-11-12-24-18(14-19)15-20(27(35)33(24)3)17-9-7-16(8-10-17)13-23(28(36)37)31-26(34)25-21(29)5-4-6-22(25)30/h4-12,14-15,23H,13H2,1-3H3,(H,31,34)(H,36,37)/t23-/m0/s1. The van der Waals surface area contributed by atoms with E-state index in [1.54, 1.807) is 41.9 Å². The number of benzene rings is 3. The van der Waals surface area contributed by atoms with Crippen molar-refractivity contribution < 1.29 is 14.7 Å². The number of aryl methyl sites for hydroxylation is 1. The molecule has 1 aromatic heterocycles. The van der Waals surface area contributed by atoms with Crippen LogP contribution in [-0.2, 0) is 18.3 Å². The van der Waals surface area contributed by atoms with Crippen LogP contribution >= 0.6 is 23.2 Å². The summed E-state index contributed by atoms with van der Waals surface area (Å²) in [6.07, 6.45) is 0.0331. The van der Waals surface area contributed by atoms with Crippen LogP contribution < -0.4 is 15.8 Å². The molecule has 0 fully saturated rings. The summed E-state index contributed by atoms with van der Waals surface area (Å²) in [5.41, 5.74) is 3.66. The van der Waals surface area contributed by atoms with Crippen LogP contribution in [0.3, 0.4) is 0 Å². The van der Waals surface area contributed by atoms with Gasteiger partial charge in [0.15, 0.2) is 0 Å². The molecule has 2 N–H and O–H groups in total. The van der Waals surface area contributed by atoms with Crippen molar-refractivity contribution in [2.24, 2.45) is 7.05 Å². The molecule has 0 bridgehead atoms. The van der Waals surface area contributed by atoms with Gasteiger partial charge in [-0.15, -0.1) is 0 Å². The average Bonchev–Trinajstić information content (AvgIpc) is 2.85. The van der Waals surface area contributed by atoms with E-state index in [0.717, 1.165) is 16.6 Å². The Morgan fingerprint density at radius 3 is 2.24 bits per heavy atom. The van der Waals surface area contributed by atoms with Crippen molar-refractivity contribution in [3.8, 4) is 11.1 Å². The second-order valence-electron chi connectivity index (χ2n) is 8.92. The highest BCUT2D eigenvalue weighted by molar-refractivity contribution is 6.39. The first kappa shape index (κ1) is 26.3. The lowest BCUT2D eigenvalue weighted by molar-refractivity contribution is -0.139. The van der Waals surface area contributed by atoms with Gasteiger partial charge in [0, 0.05) is 44.2 Å². The number of amides is 1. The number of rotatable bonds is 7. The molecule has 7 nitrogen and oxygen atoms in total. The van der Waals surface area contributed by atoms with Gasteiger partial charge >= 0.3 is 5.97 Å². The van der Waals surface area contributed by atoms with Gasteiger partial charge in [-0.05, 0) is 47.5 Å². The number of pyridine rings is 1. The minimum atomic E-state index is -1.20. The number of hydrogen-bond acceptors (Lipinski definition) is 4. The third kappa shape index (κ3) is 5.48. The van der Waals surface area contributed by atoms with Gasteiger partial charge in [-0.3, -0.25) is 9.59 Å². The van der Waals surface area contributed by atoms with Gasteiger partial charge in [-0.2, -0.15) is 0 Å². The minimum absolute atomic E-state index is 0.0250. The number of carboxylic acids is 1. The van der Waals surface area contributed by atoms with Crippen molar-refractivity contribution in [3.05, 3.63) is 98.3 Å². The zero-order chi connectivity index (χ0) is 26.9. The van der Waals surface area contributed by atoms with E-state index in [2.05, 4.69) is 5.32 Å². The maximum atomic E-state index is 13.1. The summed E-state index contributed by atoms with van der Waals surface area (Å²) in [5, 5.41) is 13.4. The number of carbonyl (C=O) groups is 2. The normalized spacial score (nSPS) is 11.8. The van der Waals surface area contributed by atoms with Gasteiger partial charge in [0.1, 0.15) is 6.04 Å². The number of halogens is 2. The fraction of sp³-hybridized carbons (Fsp3) is 0.179. The second kappa shape index (κ2) is 10.7. The van der Waals surface area contributed by atoms with E-state index >= 15 is 0 Å². The van der Waals surface area contributed by atoms with E-state index in [9.17, 15) is 19.5 Å². The second-order valence-corrected chi connectivity index (χ2v) is 9.74. The first-order chi connectivity index (χ1) is 17.6. The van der Waals surface area contributed by atoms with Crippen LogP contribution in [0, 0.1) is 0 Å². The Morgan fingerprint density at radius 2 is 1.65 bits per heavy atom. The SMILES string of the molecule is CN(C)c1ccc2c(c1)cc(-c1ccc(C[C@H](NC(=O)c3c(Cl)cccc3Cl)C(=O)O)cc1)c(=O)n2C. The van der Waals surface area contributed by atoms with E-state index in [0.29, 0.717) is 16.7 Å². The molecule has 0 radical (unpaired) electrons. The number of anilines is 1. The molecule has 4 rings (SSSR count). The fourth-order valence-corrected chi connectivity index (χ4v) is 4.73. The summed E-state index contributed by atoms with van der Waals surface area (Å²) >= 11 is 12.2. The maximum absolute atomic E-state index is 13.1. The number of aliphatic carboxylic acids is 1. The van der Waals surface area contributed by atoms with Crippen LogP contribution in [0.2, 0.25) is 10.0 Å². The Hall–Kier alpha value is -3.81. The molecule has 0 aliphatic carbocycles. The lowest BCUT2D eigenvalue weighted by atomic mass is 10.00. The molecule has 4 aromatic rings. The number of aromatic nitrogens is 1. The molecule has 0 saturated carbocycles. The van der Waals surface area contributed by atoms with Gasteiger partial charge in [-0.1, -0.05) is 53.5 Å². The van der Waals surface area contributed by atoms with Crippen molar-refractivity contribution in [1.29, 1.82) is 0 Å². The van der Waals surface area contributed by atoms with Crippen LogP contribution in [0.1, 0.15) is 15.9 Å². The number of nitrogens with zero attached hydrogens (tertiary/aromatic N) is 2. The van der Waals surface area contributed by atoms with Crippen LogP contribution in [0.25, 0.3) is 22.0 Å². The van der Waals surface area contributed by atoms with Crippen molar-refractivity contribution >= 4 is 51.7 Å². The van der Waals surface area contributed by atoms with Gasteiger partial charge in [0.05, 0.1) is 21.1 Å². The molecular weight excluding hydrogens is 513 g/mol. The zero-order valence-corrected chi connectivity index (χ0v) is 22.0. The summed E-state index contributed by atoms with van der Waals surface area (Å²) in [5.74, 6) is -1.86. The van der Waals surface area contributed by atoms with Gasteiger partial charge in [0.25, 0.3) is 11.5 Å². The topological polar surface area (TPSA) is 91.6 Å². The number of carbonyl (C=O) groups excluding carboxylic acids is 1. The first-order valence-electron chi connectivity index (χ1n) is 11.4. The van der Waals surface area contributed by atoms with Gasteiger partial charge in [-0.25, -0.2) is 4.79 Å². The quantitative estimate of drug-likeness (QED) is 0.346. The highest BCUT2D eigenvalue weighted by Crippen LogP contribution is 2.26. The molecule has 0 spiro atoms. The molecular formula is C28H25Cl2N3O4. The highest BCUT2D eigenvalue weighted by Gasteiger charge is 2.24. The van der Waals surface area contributed by atoms with Crippen LogP contribution in [0.15, 0.2) is 71.5 Å². The molecule has 0 saturated heterocycles. The summed E-state index contributed by atoms with van der Waals surface area (Å²) in [6.45, 7) is 0. The Kier molecular flexibility index (Phi) is 7.57. The Bertz CT molecular complexity index is 1540. The number of fused-ring (bicyclic) bond motifs is 1. The molecule has 0 aliphatic heterocycles. The summed E-state index contributed by atoms with van der Waals surface area (Å²) < 4.78 is 1.62. The fourth-order valence-electron chi connectivity index (χ4n) is 4.16. The van der Waals surface area contributed by atoms with E-state index in [1.165, 1.54) is 12.1 Å². The van der Waals surface area contributed by atoms with Gasteiger partial charge in [0.2, 0.25) is 0 Å². The van der Waals surface area contributed by atoms with Crippen LogP contribution in [-0.4, -0.2) is 41.7 Å². The Labute approximate surface area is 223 Å². The summed E-state index contributed by atoms with van der Waals surface area (Å²) in [4.78, 5) is 39.6. The zero-order valence-electron chi connectivity index (χ0n) is 20.5. The number of nitrogens with one attached hydrogen (secondary N) is 1. The summed E-state index contributed by atoms with van der Waals surface area (Å²) in [6, 6.07) is 18.3. The van der Waals surface area contributed by atoms with E-state index in [-0.39, 0.29) is 27.6 Å². The molecule has 9 heteroatoms. The molecule has 0 aliphatic rings. The molecule has 1 atom stereocenters. The monoisotopic (exact) mass is 537 g/mol. The predicted molar refractivity (Wildman–Crippen MR) is 148 cm³/mol. The van der Waals surface area contributed by atoms with Crippen molar-refractivity contribution in [2.75, 3.05) is 19.0 Å². The Morgan fingerprint density at radius 1 is 1.00 bits per heavy atom. The molecule has 0 unspecified atom stereocenters. The van der Waals surface area contributed by atoms with Crippen molar-refractivity contribution in [2.45, 2.75) is 12.5 Å². The lowest BCUT2D eigenvalue weighted by Gasteiger charge is -2.16. The lowest BCUT2D eigenvalue weighted by Crippen LogP contribution is -2.42. The smallest absolute Gasteiger partial charge is 0.326 e. The van der Waals surface area contributed by atoms with Gasteiger partial charge < -0.3 is 19.9 Å². The molecule has 1 heterocycles. The third-order valence-corrected chi connectivity index (χ3v) is 6.85. The van der Waals surface area contributed by atoms with Crippen LogP contribution in [0.5, 0.6) is 0 Å². The predicted octanol–water partition coefficient (Wildman–Crippen LogP) is 5.00. The minimum Gasteiger partial charge on any atom is -0.480 e. The van der Waals surface area contributed by atoms with E-state index < -0.39 is 17.9 Å². The molecule has 37 heavy (non-hydrogen) atoms. The molecule has 190 valence electrons. The molecule has 3 aromatic carbocycles. The molecule has 1 amide bonds. The van der Waals surface area contributed by atoms with E-state index in [1.807, 2.05) is 43.3 Å². The number of carboxylic acid groups (broad SMARTS) is 1.